The third-order valence-electron chi connectivity index (χ3n) is 11.6. The molecule has 5 N–H and O–H groups in total. The quantitative estimate of drug-likeness (QED) is 0.0714. The van der Waals surface area contributed by atoms with Gasteiger partial charge < -0.3 is 25.5 Å². The Bertz CT molecular complexity index is 1680. The summed E-state index contributed by atoms with van der Waals surface area (Å²) in [5.41, 5.74) is 0.654. The second-order valence-electron chi connectivity index (χ2n) is 16.6. The number of carboxylic acid groups (broad SMARTS) is 2. The number of carbonyl (C=O) groups is 2. The van der Waals surface area contributed by atoms with E-state index >= 15 is 0 Å². The molecule has 0 heterocycles. The van der Waals surface area contributed by atoms with Gasteiger partial charge in [-0.2, -0.15) is 13.2 Å². The Labute approximate surface area is 371 Å². The molecule has 0 amide bonds. The highest BCUT2D eigenvalue weighted by Crippen LogP contribution is 2.33. The van der Waals surface area contributed by atoms with Crippen molar-refractivity contribution in [2.75, 3.05) is 0 Å². The Hall–Kier alpha value is -4.42. The first kappa shape index (κ1) is 56.6. The fourth-order valence-electron chi connectivity index (χ4n) is 7.63. The van der Waals surface area contributed by atoms with Gasteiger partial charge in [-0.3, -0.25) is 9.59 Å². The SMILES string of the molecule is CCCCCC1CCC(C(=O)O)CC1.CCCCCC1CCC(C(=O)O)CC1.CCCCCc1ccc(O)c(F)c1F.CCCc1ccc(O)c(F)c1F.Oc1cccc(F)c1F. The number of carboxylic acids is 2. The van der Waals surface area contributed by atoms with Gasteiger partial charge in [0.25, 0.3) is 0 Å². The van der Waals surface area contributed by atoms with Crippen molar-refractivity contribution in [2.24, 2.45) is 23.7 Å². The molecule has 13 heteroatoms. The summed E-state index contributed by atoms with van der Waals surface area (Å²) in [5, 5.41) is 43.8. The molecule has 63 heavy (non-hydrogen) atoms. The molecule has 0 aliphatic heterocycles. The molecule has 0 saturated heterocycles. The van der Waals surface area contributed by atoms with E-state index in [1.165, 1.54) is 81.7 Å². The van der Waals surface area contributed by atoms with Crippen molar-refractivity contribution < 1.29 is 61.5 Å². The first-order valence-corrected chi connectivity index (χ1v) is 22.9. The van der Waals surface area contributed by atoms with E-state index < -0.39 is 64.1 Å². The third-order valence-corrected chi connectivity index (χ3v) is 11.6. The van der Waals surface area contributed by atoms with Gasteiger partial charge in [-0.05, 0) is 118 Å². The van der Waals surface area contributed by atoms with Crippen LogP contribution in [0.1, 0.15) is 167 Å². The van der Waals surface area contributed by atoms with Crippen LogP contribution in [0.5, 0.6) is 17.2 Å². The van der Waals surface area contributed by atoms with Crippen LogP contribution in [0.2, 0.25) is 0 Å². The lowest BCUT2D eigenvalue weighted by Crippen LogP contribution is -2.21. The zero-order chi connectivity index (χ0) is 47.3. The fourth-order valence-corrected chi connectivity index (χ4v) is 7.63. The van der Waals surface area contributed by atoms with E-state index in [9.17, 15) is 35.9 Å². The number of unbranched alkanes of at least 4 members (excludes halogenated alkanes) is 6. The monoisotopic (exact) mass is 899 g/mol. The van der Waals surface area contributed by atoms with Crippen LogP contribution in [0.25, 0.3) is 0 Å². The molecule has 2 saturated carbocycles. The van der Waals surface area contributed by atoms with Crippen LogP contribution in [0.3, 0.4) is 0 Å². The molecular weight excluding hydrogens is 827 g/mol. The fraction of sp³-hybridized carbons (Fsp3) is 0.600. The molecule has 0 radical (unpaired) electrons. The maximum Gasteiger partial charge on any atom is 0.306 e. The Morgan fingerprint density at radius 3 is 1.19 bits per heavy atom. The number of aliphatic carboxylic acids is 2. The predicted molar refractivity (Wildman–Crippen MR) is 236 cm³/mol. The average molecular weight is 899 g/mol. The molecule has 0 spiro atoms. The van der Waals surface area contributed by atoms with E-state index in [0.717, 1.165) is 101 Å². The molecule has 0 aromatic heterocycles. The summed E-state index contributed by atoms with van der Waals surface area (Å²) < 4.78 is 75.8. The number of phenols is 3. The van der Waals surface area contributed by atoms with Crippen LogP contribution in [0.4, 0.5) is 26.3 Å². The number of aryl methyl sites for hydroxylation is 2. The number of rotatable bonds is 16. The van der Waals surface area contributed by atoms with Gasteiger partial charge in [0.05, 0.1) is 11.8 Å². The number of hydrogen-bond donors (Lipinski definition) is 5. The van der Waals surface area contributed by atoms with Gasteiger partial charge in [0.15, 0.2) is 40.5 Å². The molecule has 0 atom stereocenters. The van der Waals surface area contributed by atoms with Gasteiger partial charge in [-0.15, -0.1) is 0 Å². The van der Waals surface area contributed by atoms with Crippen molar-refractivity contribution in [3.63, 3.8) is 0 Å². The molecule has 2 aliphatic carbocycles. The number of phenolic OH excluding ortho intramolecular Hbond substituents is 3. The molecule has 0 bridgehead atoms. The maximum absolute atomic E-state index is 13.2. The lowest BCUT2D eigenvalue weighted by atomic mass is 9.80. The summed E-state index contributed by atoms with van der Waals surface area (Å²) in [6, 6.07) is 8.45. The van der Waals surface area contributed by atoms with Crippen LogP contribution in [0.15, 0.2) is 42.5 Å². The van der Waals surface area contributed by atoms with E-state index in [0.29, 0.717) is 24.0 Å². The topological polar surface area (TPSA) is 135 Å². The standard InChI is InChI=1S/2C12H22O2.C11H14F2O.C9H10F2O.C6H4F2O/c2*1-2-3-4-5-10-6-8-11(9-7-10)12(13)14;1-2-3-4-5-8-6-7-9(14)11(13)10(8)12;1-2-3-6-4-5-7(12)9(11)8(6)10;7-4-2-1-3-5(9)6(4)8/h2*10-11H,2-9H2,1H3,(H,13,14);6-7,14H,2-5H2,1H3;4-5,12H,2-3H2,1H3;1-3,9H. The van der Waals surface area contributed by atoms with Crippen molar-refractivity contribution in [3.05, 3.63) is 88.5 Å². The van der Waals surface area contributed by atoms with E-state index in [4.69, 9.17) is 25.5 Å². The van der Waals surface area contributed by atoms with Crippen molar-refractivity contribution in [1.29, 1.82) is 0 Å². The van der Waals surface area contributed by atoms with Gasteiger partial charge in [0, 0.05) is 0 Å². The van der Waals surface area contributed by atoms with Crippen LogP contribution < -0.4 is 0 Å². The summed E-state index contributed by atoms with van der Waals surface area (Å²) in [5.74, 6) is -7.91. The number of benzene rings is 3. The van der Waals surface area contributed by atoms with Gasteiger partial charge in [0.1, 0.15) is 0 Å². The largest absolute Gasteiger partial charge is 0.505 e. The van der Waals surface area contributed by atoms with E-state index in [2.05, 4.69) is 13.8 Å². The molecule has 2 aliphatic rings. The maximum atomic E-state index is 13.2. The Morgan fingerprint density at radius 1 is 0.460 bits per heavy atom. The second kappa shape index (κ2) is 32.3. The zero-order valence-electron chi connectivity index (χ0n) is 37.7. The predicted octanol–water partition coefficient (Wildman–Crippen LogP) is 14.6. The summed E-state index contributed by atoms with van der Waals surface area (Å²) in [7, 11) is 0. The highest BCUT2D eigenvalue weighted by atomic mass is 19.2. The minimum atomic E-state index is -1.20. The first-order chi connectivity index (χ1) is 30.0. The summed E-state index contributed by atoms with van der Waals surface area (Å²) in [6.45, 7) is 8.38. The summed E-state index contributed by atoms with van der Waals surface area (Å²) >= 11 is 0. The van der Waals surface area contributed by atoms with Gasteiger partial charge in [-0.25, -0.2) is 13.2 Å². The van der Waals surface area contributed by atoms with Crippen molar-refractivity contribution in [1.82, 2.24) is 0 Å². The van der Waals surface area contributed by atoms with Gasteiger partial charge in [0.2, 0.25) is 11.6 Å². The molecule has 5 rings (SSSR count). The number of hydrogen-bond acceptors (Lipinski definition) is 5. The minimum Gasteiger partial charge on any atom is -0.505 e. The van der Waals surface area contributed by atoms with Crippen LogP contribution in [-0.4, -0.2) is 37.5 Å². The van der Waals surface area contributed by atoms with Crippen LogP contribution in [-0.2, 0) is 22.4 Å². The first-order valence-electron chi connectivity index (χ1n) is 22.9. The molecule has 0 unspecified atom stereocenters. The Morgan fingerprint density at radius 2 is 0.841 bits per heavy atom. The zero-order valence-corrected chi connectivity index (χ0v) is 37.7. The van der Waals surface area contributed by atoms with Crippen molar-refractivity contribution in [3.8, 4) is 17.2 Å². The molecule has 7 nitrogen and oxygen atoms in total. The van der Waals surface area contributed by atoms with Gasteiger partial charge in [-0.1, -0.05) is 117 Å². The lowest BCUT2D eigenvalue weighted by molar-refractivity contribution is -0.144. The molecular formula is C50H72F6O7. The average Bonchev–Trinajstić information content (AvgIpc) is 3.27. The summed E-state index contributed by atoms with van der Waals surface area (Å²) in [6.07, 6.45) is 23.4. The van der Waals surface area contributed by atoms with E-state index in [1.54, 1.807) is 0 Å². The Kier molecular flexibility index (Phi) is 29.0. The third kappa shape index (κ3) is 22.2. The number of aromatic hydroxyl groups is 3. The van der Waals surface area contributed by atoms with Crippen LogP contribution >= 0.6 is 0 Å². The lowest BCUT2D eigenvalue weighted by Gasteiger charge is -2.25. The second-order valence-corrected chi connectivity index (χ2v) is 16.6. The normalized spacial score (nSPS) is 17.9. The van der Waals surface area contributed by atoms with Gasteiger partial charge >= 0.3 is 11.9 Å². The van der Waals surface area contributed by atoms with Crippen LogP contribution in [0, 0.1) is 58.6 Å². The number of halogens is 6. The highest BCUT2D eigenvalue weighted by Gasteiger charge is 2.26. The molecule has 356 valence electrons. The minimum absolute atomic E-state index is 0.0441. The van der Waals surface area contributed by atoms with Crippen molar-refractivity contribution in [2.45, 2.75) is 169 Å². The van der Waals surface area contributed by atoms with E-state index in [1.807, 2.05) is 13.8 Å². The molecule has 2 fully saturated rings. The molecule has 3 aromatic carbocycles. The summed E-state index contributed by atoms with van der Waals surface area (Å²) in [4.78, 5) is 21.4. The Balaban J connectivity index is 0.000000397. The molecule has 3 aromatic rings. The highest BCUT2D eigenvalue weighted by molar-refractivity contribution is 5.70. The van der Waals surface area contributed by atoms with E-state index in [-0.39, 0.29) is 11.8 Å². The van der Waals surface area contributed by atoms with Crippen molar-refractivity contribution >= 4 is 11.9 Å². The smallest absolute Gasteiger partial charge is 0.306 e.